The Balaban J connectivity index is 1.80. The average Bonchev–Trinajstić information content (AvgIpc) is 3.14. The molecule has 180 valence electrons. The lowest BCUT2D eigenvalue weighted by atomic mass is 9.95. The number of hydrogen-bond donors (Lipinski definition) is 1. The zero-order valence-corrected chi connectivity index (χ0v) is 19.8. The Kier molecular flexibility index (Phi) is 7.45. The van der Waals surface area contributed by atoms with Gasteiger partial charge in [-0.15, -0.1) is 0 Å². The van der Waals surface area contributed by atoms with Gasteiger partial charge in [-0.1, -0.05) is 25.5 Å². The van der Waals surface area contributed by atoms with Crippen LogP contribution in [0.1, 0.15) is 42.5 Å². The van der Waals surface area contributed by atoms with Gasteiger partial charge < -0.3 is 19.5 Å². The molecule has 1 unspecified atom stereocenters. The van der Waals surface area contributed by atoms with Crippen LogP contribution in [0.2, 0.25) is 0 Å². The number of pyridine rings is 1. The molecule has 2 heterocycles. The number of aromatic nitrogens is 1. The Morgan fingerprint density at radius 3 is 2.46 bits per heavy atom. The van der Waals surface area contributed by atoms with E-state index in [-0.39, 0.29) is 17.9 Å². The quantitative estimate of drug-likeness (QED) is 0.206. The van der Waals surface area contributed by atoms with Crippen molar-refractivity contribution in [2.24, 2.45) is 0 Å². The summed E-state index contributed by atoms with van der Waals surface area (Å²) >= 11 is 0. The number of rotatable bonds is 9. The Morgan fingerprint density at radius 1 is 1.03 bits per heavy atom. The first-order valence-corrected chi connectivity index (χ1v) is 11.6. The third-order valence-electron chi connectivity index (χ3n) is 5.95. The van der Waals surface area contributed by atoms with Crippen molar-refractivity contribution in [2.75, 3.05) is 13.7 Å². The molecule has 0 aliphatic carbocycles. The largest absolute Gasteiger partial charge is 0.507 e. The topological polar surface area (TPSA) is 89.0 Å². The van der Waals surface area contributed by atoms with Crippen LogP contribution in [0.3, 0.4) is 0 Å². The number of aliphatic hydroxyl groups is 1. The molecule has 1 aliphatic rings. The van der Waals surface area contributed by atoms with E-state index in [0.717, 1.165) is 18.4 Å². The number of amides is 1. The maximum absolute atomic E-state index is 13.2. The van der Waals surface area contributed by atoms with Crippen LogP contribution in [0, 0.1) is 0 Å². The summed E-state index contributed by atoms with van der Waals surface area (Å²) in [5, 5.41) is 11.2. The van der Waals surface area contributed by atoms with E-state index in [9.17, 15) is 14.7 Å². The SMILES string of the molecule is CCCCOc1cccc(C2/C(=C(\O)c3ccc(OC)cc3)C(=O)C(=O)N2Cc2ccncc2)c1. The van der Waals surface area contributed by atoms with Crippen LogP contribution in [0.15, 0.2) is 78.6 Å². The van der Waals surface area contributed by atoms with Gasteiger partial charge in [-0.25, -0.2) is 0 Å². The fourth-order valence-electron chi connectivity index (χ4n) is 4.09. The van der Waals surface area contributed by atoms with Crippen molar-refractivity contribution in [3.8, 4) is 11.5 Å². The molecule has 1 atom stereocenters. The minimum atomic E-state index is -0.778. The number of nitrogens with zero attached hydrogens (tertiary/aromatic N) is 2. The second-order valence-corrected chi connectivity index (χ2v) is 8.29. The molecule has 7 heteroatoms. The van der Waals surface area contributed by atoms with Crippen LogP contribution in [0.25, 0.3) is 5.76 Å². The smallest absolute Gasteiger partial charge is 0.295 e. The van der Waals surface area contributed by atoms with Gasteiger partial charge in [-0.2, -0.15) is 0 Å². The molecule has 1 N–H and O–H groups in total. The highest BCUT2D eigenvalue weighted by Crippen LogP contribution is 2.41. The van der Waals surface area contributed by atoms with E-state index in [4.69, 9.17) is 9.47 Å². The van der Waals surface area contributed by atoms with Crippen LogP contribution in [0.4, 0.5) is 0 Å². The van der Waals surface area contributed by atoms with E-state index in [2.05, 4.69) is 11.9 Å². The average molecular weight is 473 g/mol. The molecule has 2 aromatic carbocycles. The molecule has 0 spiro atoms. The molecule has 7 nitrogen and oxygen atoms in total. The van der Waals surface area contributed by atoms with Gasteiger partial charge >= 0.3 is 0 Å². The van der Waals surface area contributed by atoms with Gasteiger partial charge in [-0.05, 0) is 66.1 Å². The van der Waals surface area contributed by atoms with Crippen molar-refractivity contribution in [2.45, 2.75) is 32.4 Å². The zero-order chi connectivity index (χ0) is 24.8. The van der Waals surface area contributed by atoms with Gasteiger partial charge in [0.1, 0.15) is 17.3 Å². The Labute approximate surface area is 204 Å². The molecule has 0 radical (unpaired) electrons. The predicted molar refractivity (Wildman–Crippen MR) is 132 cm³/mol. The van der Waals surface area contributed by atoms with Crippen molar-refractivity contribution in [3.63, 3.8) is 0 Å². The lowest BCUT2D eigenvalue weighted by Gasteiger charge is -2.26. The van der Waals surface area contributed by atoms with E-state index in [1.807, 2.05) is 24.3 Å². The van der Waals surface area contributed by atoms with Gasteiger partial charge in [0.15, 0.2) is 0 Å². The van der Waals surface area contributed by atoms with Gasteiger partial charge in [-0.3, -0.25) is 14.6 Å². The third kappa shape index (κ3) is 5.19. The molecule has 4 rings (SSSR count). The summed E-state index contributed by atoms with van der Waals surface area (Å²) in [7, 11) is 1.55. The molecule has 1 fully saturated rings. The van der Waals surface area contributed by atoms with Crippen LogP contribution < -0.4 is 9.47 Å². The van der Waals surface area contributed by atoms with Crippen molar-refractivity contribution >= 4 is 17.4 Å². The second kappa shape index (κ2) is 10.9. The molecule has 1 aliphatic heterocycles. The number of Topliss-reactive ketones (excluding diaryl/α,β-unsaturated/α-hetero) is 1. The summed E-state index contributed by atoms with van der Waals surface area (Å²) < 4.78 is 11.1. The minimum absolute atomic E-state index is 0.0416. The number of methoxy groups -OCH3 is 1. The highest BCUT2D eigenvalue weighted by molar-refractivity contribution is 6.46. The molecule has 1 saturated heterocycles. The number of carbonyl (C=O) groups excluding carboxylic acids is 2. The van der Waals surface area contributed by atoms with Crippen LogP contribution in [-0.2, 0) is 16.1 Å². The Morgan fingerprint density at radius 2 is 1.77 bits per heavy atom. The highest BCUT2D eigenvalue weighted by atomic mass is 16.5. The fraction of sp³-hybridized carbons (Fsp3) is 0.250. The minimum Gasteiger partial charge on any atom is -0.507 e. The molecule has 0 saturated carbocycles. The van der Waals surface area contributed by atoms with Gasteiger partial charge in [0.05, 0.1) is 25.3 Å². The molecular formula is C28H28N2O5. The summed E-state index contributed by atoms with van der Waals surface area (Å²) in [5.41, 5.74) is 1.97. The number of hydrogen-bond acceptors (Lipinski definition) is 6. The number of likely N-dealkylation sites (tertiary alicyclic amines) is 1. The third-order valence-corrected chi connectivity index (χ3v) is 5.95. The first-order valence-electron chi connectivity index (χ1n) is 11.6. The zero-order valence-electron chi connectivity index (χ0n) is 19.8. The van der Waals surface area contributed by atoms with Crippen molar-refractivity contribution in [1.82, 2.24) is 9.88 Å². The molecule has 0 bridgehead atoms. The number of carbonyl (C=O) groups is 2. The van der Waals surface area contributed by atoms with Crippen molar-refractivity contribution in [1.29, 1.82) is 0 Å². The number of unbranched alkanes of at least 4 members (excludes halogenated alkanes) is 1. The Bertz CT molecular complexity index is 1220. The second-order valence-electron chi connectivity index (χ2n) is 8.29. The number of benzene rings is 2. The Hall–Kier alpha value is -4.13. The standard InChI is InChI=1S/C28H28N2O5/c1-3-4-16-35-23-7-5-6-21(17-23)25-24(26(31)20-8-10-22(34-2)11-9-20)27(32)28(33)30(25)18-19-12-14-29-15-13-19/h5-15,17,25,31H,3-4,16,18H2,1-2H3/b26-24+. The fourth-order valence-corrected chi connectivity index (χ4v) is 4.09. The summed E-state index contributed by atoms with van der Waals surface area (Å²) in [6, 6.07) is 16.9. The number of ketones is 1. The molecule has 1 amide bonds. The van der Waals surface area contributed by atoms with E-state index < -0.39 is 17.7 Å². The summed E-state index contributed by atoms with van der Waals surface area (Å²) in [4.78, 5) is 32.0. The van der Waals surface area contributed by atoms with Gasteiger partial charge in [0.2, 0.25) is 0 Å². The lowest BCUT2D eigenvalue weighted by Crippen LogP contribution is -2.29. The van der Waals surface area contributed by atoms with E-state index >= 15 is 0 Å². The summed E-state index contributed by atoms with van der Waals surface area (Å²) in [6.07, 6.45) is 5.21. The van der Waals surface area contributed by atoms with Crippen LogP contribution in [0.5, 0.6) is 11.5 Å². The molecule has 1 aromatic heterocycles. The first-order chi connectivity index (χ1) is 17.0. The predicted octanol–water partition coefficient (Wildman–Crippen LogP) is 4.89. The van der Waals surface area contributed by atoms with Crippen LogP contribution in [-0.4, -0.2) is 40.4 Å². The maximum Gasteiger partial charge on any atom is 0.295 e. The van der Waals surface area contributed by atoms with E-state index in [1.165, 1.54) is 4.90 Å². The van der Waals surface area contributed by atoms with E-state index in [1.54, 1.807) is 55.9 Å². The van der Waals surface area contributed by atoms with Gasteiger partial charge in [0, 0.05) is 24.5 Å². The van der Waals surface area contributed by atoms with Crippen molar-refractivity contribution in [3.05, 3.63) is 95.3 Å². The number of aliphatic hydroxyl groups excluding tert-OH is 1. The summed E-state index contributed by atoms with van der Waals surface area (Å²) in [6.45, 7) is 2.85. The monoisotopic (exact) mass is 472 g/mol. The molecular weight excluding hydrogens is 444 g/mol. The molecule has 35 heavy (non-hydrogen) atoms. The summed E-state index contributed by atoms with van der Waals surface area (Å²) in [5.74, 6) is -0.359. The normalized spacial score (nSPS) is 17.0. The van der Waals surface area contributed by atoms with Gasteiger partial charge in [0.25, 0.3) is 11.7 Å². The molecule has 3 aromatic rings. The maximum atomic E-state index is 13.2. The van der Waals surface area contributed by atoms with E-state index in [0.29, 0.717) is 29.2 Å². The number of ether oxygens (including phenoxy) is 2. The van der Waals surface area contributed by atoms with Crippen molar-refractivity contribution < 1.29 is 24.2 Å². The highest BCUT2D eigenvalue weighted by Gasteiger charge is 2.46. The van der Waals surface area contributed by atoms with Crippen LogP contribution >= 0.6 is 0 Å². The first kappa shape index (κ1) is 24.0. The lowest BCUT2D eigenvalue weighted by molar-refractivity contribution is -0.140.